The number of anilines is 1. The fraction of sp³-hybridized carbons (Fsp3) is 0.316. The Morgan fingerprint density at radius 2 is 1.65 bits per heavy atom. The fourth-order valence-electron chi connectivity index (χ4n) is 2.55. The number of amides is 1. The van der Waals surface area contributed by atoms with Gasteiger partial charge < -0.3 is 11.1 Å². The van der Waals surface area contributed by atoms with Crippen molar-refractivity contribution >= 4 is 24.0 Å². The Labute approximate surface area is 144 Å². The van der Waals surface area contributed by atoms with Gasteiger partial charge >= 0.3 is 0 Å². The molecule has 0 spiro atoms. The van der Waals surface area contributed by atoms with E-state index in [-0.39, 0.29) is 24.4 Å². The van der Waals surface area contributed by atoms with Crippen molar-refractivity contribution in [2.75, 3.05) is 5.73 Å². The molecule has 2 rings (SSSR count). The van der Waals surface area contributed by atoms with Gasteiger partial charge in [-0.05, 0) is 29.5 Å². The van der Waals surface area contributed by atoms with E-state index in [1.807, 2.05) is 42.5 Å². The third kappa shape index (κ3) is 5.61. The summed E-state index contributed by atoms with van der Waals surface area (Å²) < 4.78 is 0. The van der Waals surface area contributed by atoms with Crippen molar-refractivity contribution in [1.82, 2.24) is 5.32 Å². The second kappa shape index (κ2) is 9.21. The van der Waals surface area contributed by atoms with Gasteiger partial charge in [0.15, 0.2) is 0 Å². The number of para-hydroxylation sites is 1. The van der Waals surface area contributed by atoms with Gasteiger partial charge in [-0.2, -0.15) is 0 Å². The molecule has 0 fully saturated rings. The smallest absolute Gasteiger partial charge is 0.220 e. The van der Waals surface area contributed by atoms with E-state index in [1.54, 1.807) is 0 Å². The van der Waals surface area contributed by atoms with Crippen molar-refractivity contribution in [2.45, 2.75) is 32.7 Å². The molecule has 3 nitrogen and oxygen atoms in total. The minimum atomic E-state index is 0. The summed E-state index contributed by atoms with van der Waals surface area (Å²) in [6, 6.07) is 17.8. The van der Waals surface area contributed by atoms with E-state index in [1.165, 1.54) is 0 Å². The minimum Gasteiger partial charge on any atom is -0.399 e. The third-order valence-electron chi connectivity index (χ3n) is 3.82. The second-order valence-electron chi connectivity index (χ2n) is 5.90. The molecule has 1 amide bonds. The summed E-state index contributed by atoms with van der Waals surface area (Å²) in [5.74, 6) is 0.402. The number of carbonyl (C=O) groups excluding carboxylic acids is 1. The van der Waals surface area contributed by atoms with Gasteiger partial charge in [-0.3, -0.25) is 4.79 Å². The topological polar surface area (TPSA) is 55.1 Å². The quantitative estimate of drug-likeness (QED) is 0.781. The van der Waals surface area contributed by atoms with Crippen LogP contribution in [0.15, 0.2) is 54.6 Å². The Bertz CT molecular complexity index is 614. The van der Waals surface area contributed by atoms with Crippen LogP contribution in [-0.4, -0.2) is 5.91 Å². The number of halogens is 1. The van der Waals surface area contributed by atoms with Gasteiger partial charge in [0.2, 0.25) is 5.91 Å². The number of hydrogen-bond donors (Lipinski definition) is 2. The average molecular weight is 333 g/mol. The van der Waals surface area contributed by atoms with Gasteiger partial charge in [0, 0.05) is 12.1 Å². The lowest BCUT2D eigenvalue weighted by Crippen LogP contribution is -2.31. The molecule has 23 heavy (non-hydrogen) atoms. The first-order valence-electron chi connectivity index (χ1n) is 7.75. The van der Waals surface area contributed by atoms with E-state index in [2.05, 4.69) is 31.3 Å². The SMILES string of the molecule is CC(C)C(NC(=O)CCc1ccccc1N)c1ccccc1.Cl. The zero-order valence-corrected chi connectivity index (χ0v) is 14.5. The number of nitrogen functional groups attached to an aromatic ring is 1. The van der Waals surface area contributed by atoms with Gasteiger partial charge in [-0.15, -0.1) is 12.4 Å². The standard InChI is InChI=1S/C19H24N2O.ClH/c1-14(2)19(16-9-4-3-5-10-16)21-18(22)13-12-15-8-6-7-11-17(15)20;/h3-11,14,19H,12-13,20H2,1-2H3,(H,21,22);1H. The highest BCUT2D eigenvalue weighted by molar-refractivity contribution is 5.85. The molecule has 1 unspecified atom stereocenters. The second-order valence-corrected chi connectivity index (χ2v) is 5.90. The average Bonchev–Trinajstić information content (AvgIpc) is 2.52. The molecule has 3 N–H and O–H groups in total. The van der Waals surface area contributed by atoms with Gasteiger partial charge in [0.05, 0.1) is 6.04 Å². The summed E-state index contributed by atoms with van der Waals surface area (Å²) >= 11 is 0. The van der Waals surface area contributed by atoms with Crippen molar-refractivity contribution in [3.63, 3.8) is 0 Å². The highest BCUT2D eigenvalue weighted by Crippen LogP contribution is 2.21. The molecular formula is C19H25ClN2O. The van der Waals surface area contributed by atoms with Gasteiger partial charge in [0.25, 0.3) is 0 Å². The number of nitrogens with one attached hydrogen (secondary N) is 1. The lowest BCUT2D eigenvalue weighted by molar-refractivity contribution is -0.122. The van der Waals surface area contributed by atoms with Crippen LogP contribution in [-0.2, 0) is 11.2 Å². The molecule has 0 radical (unpaired) electrons. The summed E-state index contributed by atoms with van der Waals surface area (Å²) in [4.78, 5) is 12.3. The summed E-state index contributed by atoms with van der Waals surface area (Å²) in [5.41, 5.74) is 8.83. The predicted octanol–water partition coefficient (Wildman–Crippen LogP) is 4.14. The van der Waals surface area contributed by atoms with Crippen LogP contribution < -0.4 is 11.1 Å². The number of hydrogen-bond acceptors (Lipinski definition) is 2. The summed E-state index contributed by atoms with van der Waals surface area (Å²) in [6.07, 6.45) is 1.11. The van der Waals surface area contributed by atoms with Crippen molar-refractivity contribution in [3.8, 4) is 0 Å². The van der Waals surface area contributed by atoms with E-state index in [0.717, 1.165) is 16.8 Å². The molecule has 0 saturated carbocycles. The highest BCUT2D eigenvalue weighted by atomic mass is 35.5. The van der Waals surface area contributed by atoms with E-state index in [0.29, 0.717) is 18.8 Å². The zero-order valence-electron chi connectivity index (χ0n) is 13.7. The Balaban J connectivity index is 0.00000264. The van der Waals surface area contributed by atoms with E-state index < -0.39 is 0 Å². The number of rotatable bonds is 6. The van der Waals surface area contributed by atoms with Gasteiger partial charge in [-0.1, -0.05) is 62.4 Å². The molecule has 0 bridgehead atoms. The van der Waals surface area contributed by atoms with E-state index in [9.17, 15) is 4.79 Å². The molecule has 0 heterocycles. The minimum absolute atomic E-state index is 0. The molecule has 124 valence electrons. The fourth-order valence-corrected chi connectivity index (χ4v) is 2.55. The molecule has 2 aromatic rings. The maximum absolute atomic E-state index is 12.3. The van der Waals surface area contributed by atoms with E-state index >= 15 is 0 Å². The Morgan fingerprint density at radius 3 is 2.26 bits per heavy atom. The number of aryl methyl sites for hydroxylation is 1. The van der Waals surface area contributed by atoms with Crippen LogP contribution in [0.1, 0.15) is 37.4 Å². The summed E-state index contributed by atoms with van der Waals surface area (Å²) in [6.45, 7) is 4.24. The molecule has 2 aromatic carbocycles. The van der Waals surface area contributed by atoms with Crippen LogP contribution in [0.3, 0.4) is 0 Å². The maximum Gasteiger partial charge on any atom is 0.220 e. The largest absolute Gasteiger partial charge is 0.399 e. The number of carbonyl (C=O) groups is 1. The Hall–Kier alpha value is -2.00. The van der Waals surface area contributed by atoms with Gasteiger partial charge in [-0.25, -0.2) is 0 Å². The first kappa shape index (κ1) is 19.0. The molecule has 0 aromatic heterocycles. The van der Waals surface area contributed by atoms with Crippen LogP contribution >= 0.6 is 12.4 Å². The van der Waals surface area contributed by atoms with Crippen LogP contribution in [0.25, 0.3) is 0 Å². The molecule has 4 heteroatoms. The maximum atomic E-state index is 12.3. The van der Waals surface area contributed by atoms with Crippen LogP contribution in [0.4, 0.5) is 5.69 Å². The molecular weight excluding hydrogens is 308 g/mol. The number of benzene rings is 2. The lowest BCUT2D eigenvalue weighted by atomic mass is 9.95. The first-order chi connectivity index (χ1) is 10.6. The number of nitrogens with two attached hydrogens (primary N) is 1. The van der Waals surface area contributed by atoms with Crippen LogP contribution in [0.2, 0.25) is 0 Å². The van der Waals surface area contributed by atoms with Crippen molar-refractivity contribution in [1.29, 1.82) is 0 Å². The molecule has 0 aliphatic heterocycles. The van der Waals surface area contributed by atoms with Gasteiger partial charge in [0.1, 0.15) is 0 Å². The highest BCUT2D eigenvalue weighted by Gasteiger charge is 2.17. The van der Waals surface area contributed by atoms with Crippen molar-refractivity contribution < 1.29 is 4.79 Å². The monoisotopic (exact) mass is 332 g/mol. The van der Waals surface area contributed by atoms with Crippen molar-refractivity contribution in [2.24, 2.45) is 5.92 Å². The summed E-state index contributed by atoms with van der Waals surface area (Å²) in [7, 11) is 0. The molecule has 0 saturated heterocycles. The lowest BCUT2D eigenvalue weighted by Gasteiger charge is -2.23. The molecule has 0 aliphatic carbocycles. The van der Waals surface area contributed by atoms with E-state index in [4.69, 9.17) is 5.73 Å². The normalized spacial score (nSPS) is 11.6. The first-order valence-corrected chi connectivity index (χ1v) is 7.75. The van der Waals surface area contributed by atoms with Crippen LogP contribution in [0, 0.1) is 5.92 Å². The molecule has 1 atom stereocenters. The Morgan fingerprint density at radius 1 is 1.04 bits per heavy atom. The Kier molecular flexibility index (Phi) is 7.63. The third-order valence-corrected chi connectivity index (χ3v) is 3.82. The zero-order chi connectivity index (χ0) is 15.9. The molecule has 0 aliphatic rings. The van der Waals surface area contributed by atoms with Crippen LogP contribution in [0.5, 0.6) is 0 Å². The predicted molar refractivity (Wildman–Crippen MR) is 98.6 cm³/mol. The summed E-state index contributed by atoms with van der Waals surface area (Å²) in [5, 5.41) is 3.14. The van der Waals surface area contributed by atoms with Crippen molar-refractivity contribution in [3.05, 3.63) is 65.7 Å².